The number of nitrogen functional groups attached to an aromatic ring is 1. The third-order valence-electron chi connectivity index (χ3n) is 8.48. The van der Waals surface area contributed by atoms with Crippen LogP contribution in [0.4, 0.5) is 10.2 Å². The Hall–Kier alpha value is -4.07. The zero-order valence-corrected chi connectivity index (χ0v) is 32.8. The molecule has 2 heterocycles. The largest absolute Gasteiger partial charge is 0.491 e. The van der Waals surface area contributed by atoms with Gasteiger partial charge in [-0.25, -0.2) is 9.37 Å². The van der Waals surface area contributed by atoms with Crippen LogP contribution in [0.3, 0.4) is 0 Å². The number of halogens is 1. The Morgan fingerprint density at radius 1 is 0.857 bits per heavy atom. The van der Waals surface area contributed by atoms with Gasteiger partial charge in [-0.2, -0.15) is 0 Å². The van der Waals surface area contributed by atoms with E-state index in [4.69, 9.17) is 44.6 Å². The molecule has 0 saturated heterocycles. The number of aromatic nitrogens is 1. The molecule has 3 aromatic rings. The molecule has 2 amide bonds. The van der Waals surface area contributed by atoms with Crippen LogP contribution in [0.5, 0.6) is 5.75 Å². The minimum atomic E-state index is -1.75. The van der Waals surface area contributed by atoms with E-state index in [2.05, 4.69) is 10.3 Å². The SMILES string of the molecule is Cc1c(C(=O)N2CCOc3ccc(-c4ccc(N)nc4)cc3C2)ccc(S(=O)CCNC(=O)CCOCCOCCOCCOCCOCCOCCN)c1F. The van der Waals surface area contributed by atoms with Gasteiger partial charge in [0.15, 0.2) is 0 Å². The van der Waals surface area contributed by atoms with Crippen molar-refractivity contribution in [1.82, 2.24) is 15.2 Å². The molecular weight excluding hydrogens is 750 g/mol. The second kappa shape index (κ2) is 25.2. The number of ether oxygens (including phenoxy) is 7. The molecule has 0 aliphatic carbocycles. The van der Waals surface area contributed by atoms with E-state index in [1.54, 1.807) is 17.2 Å². The van der Waals surface area contributed by atoms with Gasteiger partial charge in [0.25, 0.3) is 5.91 Å². The van der Waals surface area contributed by atoms with Gasteiger partial charge in [0, 0.05) is 54.7 Å². The second-order valence-electron chi connectivity index (χ2n) is 12.5. The van der Waals surface area contributed by atoms with Crippen molar-refractivity contribution in [2.24, 2.45) is 5.73 Å². The number of hydrogen-bond acceptors (Lipinski definition) is 13. The lowest BCUT2D eigenvalue weighted by Gasteiger charge is -2.21. The number of nitrogens with two attached hydrogens (primary N) is 2. The summed E-state index contributed by atoms with van der Waals surface area (Å²) in [6, 6.07) is 12.2. The molecule has 4 rings (SSSR count). The molecule has 0 saturated carbocycles. The van der Waals surface area contributed by atoms with Gasteiger partial charge >= 0.3 is 0 Å². The molecule has 1 aliphatic heterocycles. The van der Waals surface area contributed by atoms with Crippen molar-refractivity contribution in [3.63, 3.8) is 0 Å². The summed E-state index contributed by atoms with van der Waals surface area (Å²) in [6.45, 7) is 8.02. The van der Waals surface area contributed by atoms with Crippen molar-refractivity contribution in [1.29, 1.82) is 0 Å². The average Bonchev–Trinajstić information content (AvgIpc) is 3.42. The standard InChI is InChI=1S/C39H54FN5O10S/c1-29-33(39(47)45-11-14-55-34-5-2-30(26-32(34)28-45)31-3-7-36(42)44-27-31)4-6-35(38(29)40)56(48)25-10-43-37(46)8-12-49-15-17-51-19-21-53-23-24-54-22-20-52-18-16-50-13-9-41/h2-7,26-27H,8-25,28,41H2,1H3,(H2,42,44)(H,43,46). The predicted molar refractivity (Wildman–Crippen MR) is 208 cm³/mol. The van der Waals surface area contributed by atoms with Crippen molar-refractivity contribution in [2.75, 3.05) is 117 Å². The normalized spacial score (nSPS) is 13.2. The van der Waals surface area contributed by atoms with Crippen molar-refractivity contribution in [2.45, 2.75) is 24.8 Å². The summed E-state index contributed by atoms with van der Waals surface area (Å²) in [7, 11) is -1.75. The van der Waals surface area contributed by atoms with Gasteiger partial charge in [0.05, 0.1) is 102 Å². The molecule has 0 spiro atoms. The topological polar surface area (TPSA) is 196 Å². The van der Waals surface area contributed by atoms with E-state index in [1.807, 2.05) is 24.3 Å². The molecule has 2 aromatic carbocycles. The van der Waals surface area contributed by atoms with Gasteiger partial charge in [-0.05, 0) is 54.4 Å². The Bertz CT molecular complexity index is 1690. The van der Waals surface area contributed by atoms with E-state index in [0.717, 1.165) is 16.7 Å². The summed E-state index contributed by atoms with van der Waals surface area (Å²) in [6.07, 6.45) is 1.79. The number of carbonyl (C=O) groups is 2. The lowest BCUT2D eigenvalue weighted by molar-refractivity contribution is -0.122. The molecule has 15 nitrogen and oxygen atoms in total. The van der Waals surface area contributed by atoms with Crippen LogP contribution in [0.1, 0.15) is 27.9 Å². The first-order valence-electron chi connectivity index (χ1n) is 18.7. The Morgan fingerprint density at radius 2 is 1.46 bits per heavy atom. The van der Waals surface area contributed by atoms with Crippen molar-refractivity contribution in [3.8, 4) is 16.9 Å². The average molecular weight is 804 g/mol. The lowest BCUT2D eigenvalue weighted by Crippen LogP contribution is -2.33. The van der Waals surface area contributed by atoms with Crippen LogP contribution in [0.2, 0.25) is 0 Å². The number of benzene rings is 2. The quantitative estimate of drug-likeness (QED) is 0.100. The smallest absolute Gasteiger partial charge is 0.254 e. The number of fused-ring (bicyclic) bond motifs is 1. The van der Waals surface area contributed by atoms with E-state index < -0.39 is 16.6 Å². The number of pyridine rings is 1. The minimum absolute atomic E-state index is 0.00458. The molecule has 0 fully saturated rings. The summed E-state index contributed by atoms with van der Waals surface area (Å²) in [5, 5.41) is 2.69. The molecule has 1 aliphatic rings. The molecular formula is C39H54FN5O10S. The number of nitrogens with one attached hydrogen (secondary N) is 1. The number of amides is 2. The lowest BCUT2D eigenvalue weighted by atomic mass is 10.0. The van der Waals surface area contributed by atoms with Crippen molar-refractivity contribution < 1.29 is 51.3 Å². The monoisotopic (exact) mass is 803 g/mol. The minimum Gasteiger partial charge on any atom is -0.491 e. The summed E-state index contributed by atoms with van der Waals surface area (Å²) in [5.41, 5.74) is 13.9. The summed E-state index contributed by atoms with van der Waals surface area (Å²) in [4.78, 5) is 31.6. The highest BCUT2D eigenvalue weighted by Crippen LogP contribution is 2.30. The highest BCUT2D eigenvalue weighted by atomic mass is 32.2. The molecule has 1 atom stereocenters. The second-order valence-corrected chi connectivity index (χ2v) is 14.1. The molecule has 308 valence electrons. The number of nitrogens with zero attached hydrogens (tertiary/aromatic N) is 2. The van der Waals surface area contributed by atoms with Gasteiger partial charge in [-0.3, -0.25) is 13.8 Å². The van der Waals surface area contributed by atoms with Crippen LogP contribution in [-0.2, 0) is 50.6 Å². The van der Waals surface area contributed by atoms with Crippen LogP contribution >= 0.6 is 0 Å². The first-order valence-corrected chi connectivity index (χ1v) is 20.0. The van der Waals surface area contributed by atoms with Crippen LogP contribution < -0.4 is 21.5 Å². The maximum absolute atomic E-state index is 15.5. The number of anilines is 1. The molecule has 1 aromatic heterocycles. The first kappa shape index (κ1) is 44.6. The van der Waals surface area contributed by atoms with Crippen molar-refractivity contribution >= 4 is 28.4 Å². The third kappa shape index (κ3) is 15.1. The van der Waals surface area contributed by atoms with Crippen LogP contribution in [0.25, 0.3) is 11.1 Å². The molecule has 0 radical (unpaired) electrons. The van der Waals surface area contributed by atoms with Gasteiger partial charge in [0.1, 0.15) is 24.0 Å². The van der Waals surface area contributed by atoms with Crippen LogP contribution in [-0.4, -0.2) is 137 Å². The van der Waals surface area contributed by atoms with E-state index in [-0.39, 0.29) is 66.3 Å². The molecule has 1 unspecified atom stereocenters. The van der Waals surface area contributed by atoms with Gasteiger partial charge in [0.2, 0.25) is 5.91 Å². The van der Waals surface area contributed by atoms with E-state index in [1.165, 1.54) is 19.1 Å². The van der Waals surface area contributed by atoms with E-state index in [0.29, 0.717) is 97.3 Å². The fraction of sp³-hybridized carbons (Fsp3) is 0.513. The summed E-state index contributed by atoms with van der Waals surface area (Å²) >= 11 is 0. The van der Waals surface area contributed by atoms with E-state index in [9.17, 15) is 13.8 Å². The van der Waals surface area contributed by atoms with Crippen LogP contribution in [0.15, 0.2) is 53.6 Å². The highest BCUT2D eigenvalue weighted by molar-refractivity contribution is 7.85. The number of hydrogen-bond donors (Lipinski definition) is 3. The third-order valence-corrected chi connectivity index (χ3v) is 9.86. The maximum atomic E-state index is 15.5. The maximum Gasteiger partial charge on any atom is 0.254 e. The van der Waals surface area contributed by atoms with Crippen molar-refractivity contribution in [3.05, 3.63) is 71.2 Å². The number of rotatable bonds is 26. The fourth-order valence-electron chi connectivity index (χ4n) is 5.49. The number of carbonyl (C=O) groups excluding carboxylic acids is 2. The fourth-order valence-corrected chi connectivity index (χ4v) is 6.57. The van der Waals surface area contributed by atoms with Crippen LogP contribution in [0, 0.1) is 12.7 Å². The predicted octanol–water partition coefficient (Wildman–Crippen LogP) is 2.49. The summed E-state index contributed by atoms with van der Waals surface area (Å²) in [5.74, 6) is -0.255. The Labute approximate surface area is 329 Å². The Morgan fingerprint density at radius 3 is 2.07 bits per heavy atom. The molecule has 5 N–H and O–H groups in total. The first-order chi connectivity index (χ1) is 27.3. The zero-order valence-electron chi connectivity index (χ0n) is 32.0. The van der Waals surface area contributed by atoms with Gasteiger partial charge in [-0.15, -0.1) is 0 Å². The highest BCUT2D eigenvalue weighted by Gasteiger charge is 2.25. The summed E-state index contributed by atoms with van der Waals surface area (Å²) < 4.78 is 66.8. The molecule has 0 bridgehead atoms. The Kier molecular flexibility index (Phi) is 20.1. The van der Waals surface area contributed by atoms with Gasteiger partial charge in [-0.1, -0.05) is 6.07 Å². The molecule has 56 heavy (non-hydrogen) atoms. The molecule has 17 heteroatoms. The zero-order chi connectivity index (χ0) is 40.0. The Balaban J connectivity index is 1.07. The van der Waals surface area contributed by atoms with E-state index >= 15 is 4.39 Å². The van der Waals surface area contributed by atoms with Gasteiger partial charge < -0.3 is 54.8 Å².